The summed E-state index contributed by atoms with van der Waals surface area (Å²) in [6, 6.07) is 8.31. The molecule has 0 heterocycles. The average Bonchev–Trinajstić information content (AvgIpc) is 2.45. The lowest BCUT2D eigenvalue weighted by Gasteiger charge is -2.56. The molecule has 22 heavy (non-hydrogen) atoms. The fourth-order valence-electron chi connectivity index (χ4n) is 5.42. The molecule has 4 aliphatic carbocycles. The van der Waals surface area contributed by atoms with Gasteiger partial charge in [-0.25, -0.2) is 0 Å². The fourth-order valence-corrected chi connectivity index (χ4v) is 7.02. The van der Waals surface area contributed by atoms with Crippen LogP contribution in [0.2, 0.25) is 0 Å². The molecule has 0 spiro atoms. The Bertz CT molecular complexity index is 537. The predicted octanol–water partition coefficient (Wildman–Crippen LogP) is 5.65. The molecule has 0 atom stereocenters. The first-order valence-corrected chi connectivity index (χ1v) is 9.68. The van der Waals surface area contributed by atoms with E-state index in [1.807, 2.05) is 12.1 Å². The number of thioether (sulfide) groups is 1. The van der Waals surface area contributed by atoms with Crippen LogP contribution in [-0.4, -0.2) is 9.86 Å². The Kier molecular flexibility index (Phi) is 3.64. The smallest absolute Gasteiger partial charge is 0.219 e. The Balaban J connectivity index is 1.50. The zero-order valence-electron chi connectivity index (χ0n) is 13.7. The summed E-state index contributed by atoms with van der Waals surface area (Å²) in [6.45, 7) is 4.39. The van der Waals surface area contributed by atoms with E-state index in [4.69, 9.17) is 0 Å². The van der Waals surface area contributed by atoms with Crippen LogP contribution in [0, 0.1) is 17.8 Å². The van der Waals surface area contributed by atoms with Crippen molar-refractivity contribution in [2.45, 2.75) is 63.0 Å². The topological polar surface area (TPSA) is 17.1 Å². The lowest BCUT2D eigenvalue weighted by Crippen LogP contribution is -2.49. The predicted molar refractivity (Wildman–Crippen MR) is 93.4 cm³/mol. The van der Waals surface area contributed by atoms with Crippen molar-refractivity contribution in [3.05, 3.63) is 35.4 Å². The Hall–Kier alpha value is -0.760. The van der Waals surface area contributed by atoms with Crippen LogP contribution >= 0.6 is 11.8 Å². The summed E-state index contributed by atoms with van der Waals surface area (Å²) in [4.78, 5) is 12.8. The third kappa shape index (κ3) is 2.64. The van der Waals surface area contributed by atoms with E-state index in [0.29, 0.717) is 11.0 Å². The molecule has 4 saturated carbocycles. The summed E-state index contributed by atoms with van der Waals surface area (Å²) in [7, 11) is 0. The maximum absolute atomic E-state index is 12.8. The quantitative estimate of drug-likeness (QED) is 0.717. The van der Waals surface area contributed by atoms with Crippen LogP contribution in [0.5, 0.6) is 0 Å². The number of benzene rings is 1. The molecule has 0 aromatic heterocycles. The van der Waals surface area contributed by atoms with Crippen LogP contribution in [0.1, 0.15) is 74.2 Å². The molecule has 1 nitrogen and oxygen atoms in total. The first-order valence-electron chi connectivity index (χ1n) is 8.86. The highest BCUT2D eigenvalue weighted by atomic mass is 32.2. The van der Waals surface area contributed by atoms with Gasteiger partial charge in [0.1, 0.15) is 0 Å². The molecule has 4 bridgehead atoms. The van der Waals surface area contributed by atoms with Crippen LogP contribution in [-0.2, 0) is 0 Å². The monoisotopic (exact) mass is 314 g/mol. The van der Waals surface area contributed by atoms with E-state index in [1.54, 1.807) is 11.8 Å². The van der Waals surface area contributed by atoms with Gasteiger partial charge in [0.25, 0.3) is 0 Å². The zero-order chi connectivity index (χ0) is 15.3. The van der Waals surface area contributed by atoms with Gasteiger partial charge in [0, 0.05) is 10.3 Å². The van der Waals surface area contributed by atoms with E-state index < -0.39 is 0 Å². The molecule has 118 valence electrons. The Morgan fingerprint density at radius 2 is 1.50 bits per heavy atom. The minimum atomic E-state index is 0.280. The second-order valence-corrected chi connectivity index (χ2v) is 9.71. The summed E-state index contributed by atoms with van der Waals surface area (Å²) < 4.78 is 0.280. The lowest BCUT2D eigenvalue weighted by atomic mass is 9.56. The van der Waals surface area contributed by atoms with Crippen molar-refractivity contribution in [1.29, 1.82) is 0 Å². The molecule has 5 rings (SSSR count). The van der Waals surface area contributed by atoms with E-state index in [0.717, 1.165) is 23.3 Å². The van der Waals surface area contributed by atoms with Gasteiger partial charge in [-0.05, 0) is 67.8 Å². The summed E-state index contributed by atoms with van der Waals surface area (Å²) in [5.41, 5.74) is 2.21. The third-order valence-electron chi connectivity index (χ3n) is 6.10. The molecule has 2 heteroatoms. The van der Waals surface area contributed by atoms with Crippen LogP contribution < -0.4 is 0 Å². The minimum Gasteiger partial charge on any atom is -0.282 e. The summed E-state index contributed by atoms with van der Waals surface area (Å²) in [5.74, 6) is 3.26. The second-order valence-electron chi connectivity index (χ2n) is 8.27. The standard InChI is InChI=1S/C20H26OS/c1-13(2)17-3-5-18(6-4-17)19(21)22-20-10-14-7-15(11-20)9-16(8-14)12-20/h3-6,13-16H,7-12H2,1-2H3. The molecule has 0 radical (unpaired) electrons. The highest BCUT2D eigenvalue weighted by Gasteiger charge is 2.52. The van der Waals surface area contributed by atoms with Crippen molar-refractivity contribution >= 4 is 16.9 Å². The van der Waals surface area contributed by atoms with Gasteiger partial charge in [0.15, 0.2) is 0 Å². The van der Waals surface area contributed by atoms with E-state index in [2.05, 4.69) is 26.0 Å². The van der Waals surface area contributed by atoms with Gasteiger partial charge in [-0.15, -0.1) is 0 Å². The van der Waals surface area contributed by atoms with Crippen molar-refractivity contribution in [1.82, 2.24) is 0 Å². The maximum Gasteiger partial charge on any atom is 0.219 e. The first kappa shape index (κ1) is 14.8. The third-order valence-corrected chi connectivity index (χ3v) is 7.46. The number of rotatable bonds is 3. The highest BCUT2D eigenvalue weighted by molar-refractivity contribution is 8.15. The molecule has 1 aromatic carbocycles. The Morgan fingerprint density at radius 3 is 1.95 bits per heavy atom. The molecule has 0 amide bonds. The molecular formula is C20H26OS. The number of hydrogen-bond donors (Lipinski definition) is 0. The highest BCUT2D eigenvalue weighted by Crippen LogP contribution is 2.60. The van der Waals surface area contributed by atoms with Gasteiger partial charge in [-0.1, -0.05) is 49.9 Å². The fraction of sp³-hybridized carbons (Fsp3) is 0.650. The van der Waals surface area contributed by atoms with Gasteiger partial charge >= 0.3 is 0 Å². The van der Waals surface area contributed by atoms with Crippen molar-refractivity contribution < 1.29 is 4.79 Å². The average molecular weight is 314 g/mol. The number of carbonyl (C=O) groups excluding carboxylic acids is 1. The van der Waals surface area contributed by atoms with Crippen molar-refractivity contribution in [2.24, 2.45) is 17.8 Å². The summed E-state index contributed by atoms with van der Waals surface area (Å²) in [5, 5.41) is 0.303. The van der Waals surface area contributed by atoms with Crippen molar-refractivity contribution in [3.8, 4) is 0 Å². The van der Waals surface area contributed by atoms with E-state index >= 15 is 0 Å². The van der Waals surface area contributed by atoms with Crippen LogP contribution in [0.4, 0.5) is 0 Å². The molecule has 0 aliphatic heterocycles. The second kappa shape index (κ2) is 5.40. The van der Waals surface area contributed by atoms with Gasteiger partial charge in [0.05, 0.1) is 0 Å². The van der Waals surface area contributed by atoms with Crippen LogP contribution in [0.25, 0.3) is 0 Å². The maximum atomic E-state index is 12.8. The van der Waals surface area contributed by atoms with Gasteiger partial charge in [-0.3, -0.25) is 4.79 Å². The van der Waals surface area contributed by atoms with Gasteiger partial charge < -0.3 is 0 Å². The van der Waals surface area contributed by atoms with Crippen molar-refractivity contribution in [3.63, 3.8) is 0 Å². The SMILES string of the molecule is CC(C)c1ccc(C(=O)SC23CC4CC(CC(C4)C2)C3)cc1. The van der Waals surface area contributed by atoms with Gasteiger partial charge in [0.2, 0.25) is 5.12 Å². The number of hydrogen-bond acceptors (Lipinski definition) is 2. The summed E-state index contributed by atoms with van der Waals surface area (Å²) >= 11 is 1.69. The molecule has 0 N–H and O–H groups in total. The molecule has 4 fully saturated rings. The Labute approximate surface area is 138 Å². The summed E-state index contributed by atoms with van der Waals surface area (Å²) in [6.07, 6.45) is 8.20. The first-order chi connectivity index (χ1) is 10.5. The largest absolute Gasteiger partial charge is 0.282 e. The van der Waals surface area contributed by atoms with Crippen LogP contribution in [0.3, 0.4) is 0 Å². The molecule has 0 saturated heterocycles. The van der Waals surface area contributed by atoms with E-state index in [1.165, 1.54) is 44.1 Å². The zero-order valence-corrected chi connectivity index (χ0v) is 14.5. The molecular weight excluding hydrogens is 288 g/mol. The van der Waals surface area contributed by atoms with Crippen LogP contribution in [0.15, 0.2) is 24.3 Å². The Morgan fingerprint density at radius 1 is 1.00 bits per heavy atom. The van der Waals surface area contributed by atoms with E-state index in [-0.39, 0.29) is 4.75 Å². The molecule has 1 aromatic rings. The normalized spacial score (nSPS) is 36.0. The molecule has 0 unspecified atom stereocenters. The van der Waals surface area contributed by atoms with Gasteiger partial charge in [-0.2, -0.15) is 0 Å². The van der Waals surface area contributed by atoms with E-state index in [9.17, 15) is 4.79 Å². The van der Waals surface area contributed by atoms with Crippen molar-refractivity contribution in [2.75, 3.05) is 0 Å². The molecule has 4 aliphatic rings. The lowest BCUT2D eigenvalue weighted by molar-refractivity contribution is 0.0382. The number of carbonyl (C=O) groups is 1. The minimum absolute atomic E-state index is 0.280.